The quantitative estimate of drug-likeness (QED) is 0.456. The predicted octanol–water partition coefficient (Wildman–Crippen LogP) is 5.27. The summed E-state index contributed by atoms with van der Waals surface area (Å²) in [5.74, 6) is 1.67. The van der Waals surface area contributed by atoms with E-state index < -0.39 is 10.8 Å². The highest BCUT2D eigenvalue weighted by atomic mass is 33.1. The standard InChI is InChI=1S/C15H22OS3/c1-3-4-6-9-14(2)19(16)13-12-17-18-15-10-7-5-8-11-15/h5,7-11H,3-4,6,12-13H2,1-2H3/b14-9-. The van der Waals surface area contributed by atoms with E-state index in [-0.39, 0.29) is 0 Å². The zero-order chi connectivity index (χ0) is 13.9. The van der Waals surface area contributed by atoms with Gasteiger partial charge in [0.2, 0.25) is 0 Å². The van der Waals surface area contributed by atoms with E-state index in [2.05, 4.69) is 25.1 Å². The third-order valence-electron chi connectivity index (χ3n) is 2.60. The van der Waals surface area contributed by atoms with Crippen molar-refractivity contribution < 1.29 is 4.21 Å². The molecule has 106 valence electrons. The van der Waals surface area contributed by atoms with E-state index in [4.69, 9.17) is 0 Å². The van der Waals surface area contributed by atoms with Crippen LogP contribution in [0.1, 0.15) is 33.1 Å². The Labute approximate surface area is 127 Å². The van der Waals surface area contributed by atoms with Crippen molar-refractivity contribution in [2.45, 2.75) is 38.0 Å². The van der Waals surface area contributed by atoms with E-state index in [0.717, 1.165) is 22.8 Å². The molecule has 0 radical (unpaired) electrons. The molecule has 0 spiro atoms. The Bertz CT molecular complexity index is 401. The Morgan fingerprint density at radius 1 is 1.32 bits per heavy atom. The van der Waals surface area contributed by atoms with Crippen molar-refractivity contribution in [1.82, 2.24) is 0 Å². The smallest absolute Gasteiger partial charge is 0.0490 e. The molecule has 19 heavy (non-hydrogen) atoms. The fourth-order valence-electron chi connectivity index (χ4n) is 1.46. The summed E-state index contributed by atoms with van der Waals surface area (Å²) in [7, 11) is 2.74. The summed E-state index contributed by atoms with van der Waals surface area (Å²) in [5, 5.41) is 0. The first kappa shape index (κ1) is 16.9. The lowest BCUT2D eigenvalue weighted by molar-refractivity contribution is 0.687. The molecule has 0 heterocycles. The molecule has 0 aliphatic heterocycles. The molecule has 0 aromatic heterocycles. The van der Waals surface area contributed by atoms with Gasteiger partial charge >= 0.3 is 0 Å². The molecule has 1 rings (SSSR count). The fourth-order valence-corrected chi connectivity index (χ4v) is 5.05. The van der Waals surface area contributed by atoms with Gasteiger partial charge in [-0.1, -0.05) is 65.6 Å². The van der Waals surface area contributed by atoms with Crippen LogP contribution in [0.25, 0.3) is 0 Å². The average molecular weight is 315 g/mol. The molecule has 0 bridgehead atoms. The SMILES string of the molecule is CCCC/C=C(/C)S(=O)CCSSc1ccccc1. The number of benzene rings is 1. The largest absolute Gasteiger partial charge is 0.255 e. The molecule has 4 heteroatoms. The van der Waals surface area contributed by atoms with Gasteiger partial charge in [0.15, 0.2) is 0 Å². The van der Waals surface area contributed by atoms with Crippen LogP contribution in [-0.4, -0.2) is 15.7 Å². The number of rotatable bonds is 9. The molecule has 0 N–H and O–H groups in total. The third-order valence-corrected chi connectivity index (χ3v) is 6.70. The molecule has 1 nitrogen and oxygen atoms in total. The first-order chi connectivity index (χ1) is 9.24. The lowest BCUT2D eigenvalue weighted by Gasteiger charge is -2.03. The summed E-state index contributed by atoms with van der Waals surface area (Å²) in [5.41, 5.74) is 0. The van der Waals surface area contributed by atoms with Crippen molar-refractivity contribution in [2.75, 3.05) is 11.5 Å². The topological polar surface area (TPSA) is 17.1 Å². The van der Waals surface area contributed by atoms with Gasteiger partial charge in [-0.05, 0) is 25.5 Å². The maximum atomic E-state index is 12.0. The molecule has 0 fully saturated rings. The Hall–Kier alpha value is -0.190. The van der Waals surface area contributed by atoms with Crippen LogP contribution < -0.4 is 0 Å². The number of unbranched alkanes of at least 4 members (excludes halogenated alkanes) is 2. The van der Waals surface area contributed by atoms with Crippen molar-refractivity contribution >= 4 is 32.4 Å². The fraction of sp³-hybridized carbons (Fsp3) is 0.467. The van der Waals surface area contributed by atoms with E-state index in [1.54, 1.807) is 21.6 Å². The predicted molar refractivity (Wildman–Crippen MR) is 91.0 cm³/mol. The normalized spacial score (nSPS) is 13.5. The number of allylic oxidation sites excluding steroid dienone is 2. The Kier molecular flexibility index (Phi) is 9.39. The lowest BCUT2D eigenvalue weighted by Crippen LogP contribution is -2.00. The average Bonchev–Trinajstić information content (AvgIpc) is 2.44. The summed E-state index contributed by atoms with van der Waals surface area (Å²) in [4.78, 5) is 2.30. The van der Waals surface area contributed by atoms with E-state index in [9.17, 15) is 4.21 Å². The van der Waals surface area contributed by atoms with Crippen LogP contribution in [0.4, 0.5) is 0 Å². The summed E-state index contributed by atoms with van der Waals surface area (Å²) < 4.78 is 12.0. The van der Waals surface area contributed by atoms with Gasteiger partial charge in [-0.25, -0.2) is 0 Å². The molecule has 1 atom stereocenters. The van der Waals surface area contributed by atoms with Crippen molar-refractivity contribution in [2.24, 2.45) is 0 Å². The van der Waals surface area contributed by atoms with E-state index in [1.165, 1.54) is 17.7 Å². The Balaban J connectivity index is 2.18. The maximum absolute atomic E-state index is 12.0. The second-order valence-corrected chi connectivity index (χ2v) is 8.46. The molecule has 1 aromatic carbocycles. The Morgan fingerprint density at radius 3 is 2.74 bits per heavy atom. The molecule has 1 aromatic rings. The number of hydrogen-bond acceptors (Lipinski definition) is 3. The van der Waals surface area contributed by atoms with Crippen molar-refractivity contribution in [3.05, 3.63) is 41.3 Å². The van der Waals surface area contributed by atoms with Crippen LogP contribution in [0.5, 0.6) is 0 Å². The highest BCUT2D eigenvalue weighted by Gasteiger charge is 2.02. The van der Waals surface area contributed by atoms with Crippen molar-refractivity contribution in [1.29, 1.82) is 0 Å². The van der Waals surface area contributed by atoms with Gasteiger partial charge in [-0.2, -0.15) is 0 Å². The molecular weight excluding hydrogens is 292 g/mol. The molecular formula is C15H22OS3. The summed E-state index contributed by atoms with van der Waals surface area (Å²) in [6, 6.07) is 10.3. The summed E-state index contributed by atoms with van der Waals surface area (Å²) in [6.07, 6.45) is 5.57. The molecule has 0 saturated carbocycles. The highest BCUT2D eigenvalue weighted by molar-refractivity contribution is 8.76. The zero-order valence-corrected chi connectivity index (χ0v) is 14.1. The monoisotopic (exact) mass is 314 g/mol. The van der Waals surface area contributed by atoms with E-state index in [0.29, 0.717) is 0 Å². The van der Waals surface area contributed by atoms with E-state index in [1.807, 2.05) is 25.1 Å². The van der Waals surface area contributed by atoms with Crippen LogP contribution in [0.3, 0.4) is 0 Å². The second-order valence-electron chi connectivity index (χ2n) is 4.23. The van der Waals surface area contributed by atoms with Gasteiger partial charge in [-0.3, -0.25) is 4.21 Å². The van der Waals surface area contributed by atoms with Gasteiger partial charge in [0, 0.05) is 32.1 Å². The van der Waals surface area contributed by atoms with Crippen molar-refractivity contribution in [3.8, 4) is 0 Å². The van der Waals surface area contributed by atoms with Crippen molar-refractivity contribution in [3.63, 3.8) is 0 Å². The van der Waals surface area contributed by atoms with E-state index >= 15 is 0 Å². The minimum Gasteiger partial charge on any atom is -0.255 e. The van der Waals surface area contributed by atoms with Crippen LogP contribution in [-0.2, 0) is 10.8 Å². The lowest BCUT2D eigenvalue weighted by atomic mass is 10.2. The zero-order valence-electron chi connectivity index (χ0n) is 11.6. The minimum atomic E-state index is -0.799. The third kappa shape index (κ3) is 7.85. The van der Waals surface area contributed by atoms with Crippen LogP contribution in [0, 0.1) is 0 Å². The molecule has 0 aliphatic carbocycles. The van der Waals surface area contributed by atoms with Gasteiger partial charge in [0.1, 0.15) is 0 Å². The van der Waals surface area contributed by atoms with Gasteiger partial charge < -0.3 is 0 Å². The van der Waals surface area contributed by atoms with Crippen LogP contribution in [0.2, 0.25) is 0 Å². The number of hydrogen-bond donors (Lipinski definition) is 0. The maximum Gasteiger partial charge on any atom is 0.0490 e. The molecule has 1 unspecified atom stereocenters. The first-order valence-electron chi connectivity index (χ1n) is 6.63. The molecule has 0 aliphatic rings. The van der Waals surface area contributed by atoms with Gasteiger partial charge in [-0.15, -0.1) is 0 Å². The summed E-state index contributed by atoms with van der Waals surface area (Å²) >= 11 is 0. The highest BCUT2D eigenvalue weighted by Crippen LogP contribution is 2.30. The van der Waals surface area contributed by atoms with Crippen LogP contribution in [0.15, 0.2) is 46.2 Å². The Morgan fingerprint density at radius 2 is 2.05 bits per heavy atom. The first-order valence-corrected chi connectivity index (χ1v) is 10.3. The molecule has 0 saturated heterocycles. The summed E-state index contributed by atoms with van der Waals surface area (Å²) in [6.45, 7) is 4.17. The molecule has 0 amide bonds. The second kappa shape index (κ2) is 10.6. The van der Waals surface area contributed by atoms with Gasteiger partial charge in [0.25, 0.3) is 0 Å². The van der Waals surface area contributed by atoms with Crippen LogP contribution >= 0.6 is 21.6 Å². The van der Waals surface area contributed by atoms with Gasteiger partial charge in [0.05, 0.1) is 0 Å². The minimum absolute atomic E-state index is 0.749.